The van der Waals surface area contributed by atoms with Gasteiger partial charge in [-0.05, 0) is 30.2 Å². The van der Waals surface area contributed by atoms with Gasteiger partial charge in [0.1, 0.15) is 5.75 Å². The van der Waals surface area contributed by atoms with E-state index in [9.17, 15) is 5.11 Å². The van der Waals surface area contributed by atoms with Gasteiger partial charge in [0.25, 0.3) is 0 Å². The summed E-state index contributed by atoms with van der Waals surface area (Å²) in [4.78, 5) is 0. The smallest absolute Gasteiger partial charge is 0.124 e. The zero-order valence-electron chi connectivity index (χ0n) is 8.37. The number of aromatic hydroxyl groups is 1. The van der Waals surface area contributed by atoms with E-state index in [2.05, 4.69) is 0 Å². The highest BCUT2D eigenvalue weighted by Crippen LogP contribution is 2.33. The van der Waals surface area contributed by atoms with Crippen molar-refractivity contribution in [1.82, 2.24) is 0 Å². The van der Waals surface area contributed by atoms with Crippen molar-refractivity contribution in [3.63, 3.8) is 0 Å². The molecule has 0 aliphatic heterocycles. The summed E-state index contributed by atoms with van der Waals surface area (Å²) in [6.07, 6.45) is 0. The van der Waals surface area contributed by atoms with E-state index in [1.54, 1.807) is 6.07 Å². The highest BCUT2D eigenvalue weighted by Gasteiger charge is 2.06. The molecule has 0 unspecified atom stereocenters. The minimum atomic E-state index is 0.219. The van der Waals surface area contributed by atoms with Crippen LogP contribution in [0, 0.1) is 6.92 Å². The Kier molecular flexibility index (Phi) is 2.65. The Bertz CT molecular complexity index is 477. The second-order valence-electron chi connectivity index (χ2n) is 3.48. The Balaban J connectivity index is 2.59. The molecule has 0 saturated heterocycles. The van der Waals surface area contributed by atoms with Crippen LogP contribution in [0.2, 0.25) is 5.02 Å². The highest BCUT2D eigenvalue weighted by molar-refractivity contribution is 6.31. The molecule has 1 N–H and O–H groups in total. The van der Waals surface area contributed by atoms with Gasteiger partial charge >= 0.3 is 0 Å². The first-order valence-electron chi connectivity index (χ1n) is 4.73. The van der Waals surface area contributed by atoms with Gasteiger partial charge in [-0.1, -0.05) is 41.9 Å². The summed E-state index contributed by atoms with van der Waals surface area (Å²) in [6, 6.07) is 13.2. The SMILES string of the molecule is Cc1cc(-c2ccccc2)c(O)cc1Cl. The molecule has 0 fully saturated rings. The summed E-state index contributed by atoms with van der Waals surface area (Å²) in [6.45, 7) is 1.92. The molecule has 0 saturated carbocycles. The van der Waals surface area contributed by atoms with Gasteiger partial charge in [-0.25, -0.2) is 0 Å². The molecule has 2 aromatic carbocycles. The normalized spacial score (nSPS) is 10.3. The molecule has 2 rings (SSSR count). The summed E-state index contributed by atoms with van der Waals surface area (Å²) in [7, 11) is 0. The molecule has 0 atom stereocenters. The minimum Gasteiger partial charge on any atom is -0.507 e. The third-order valence-electron chi connectivity index (χ3n) is 2.36. The van der Waals surface area contributed by atoms with E-state index in [1.807, 2.05) is 43.3 Å². The lowest BCUT2D eigenvalue weighted by atomic mass is 10.0. The fourth-order valence-electron chi connectivity index (χ4n) is 1.52. The first-order chi connectivity index (χ1) is 7.18. The summed E-state index contributed by atoms with van der Waals surface area (Å²) in [5, 5.41) is 10.4. The number of phenolic OH excluding ortho intramolecular Hbond substituents is 1. The fourth-order valence-corrected chi connectivity index (χ4v) is 1.68. The second kappa shape index (κ2) is 3.95. The first kappa shape index (κ1) is 10.1. The number of aryl methyl sites for hydroxylation is 1. The van der Waals surface area contributed by atoms with Crippen LogP contribution in [0.1, 0.15) is 5.56 Å². The summed E-state index contributed by atoms with van der Waals surface area (Å²) in [5.74, 6) is 0.219. The maximum Gasteiger partial charge on any atom is 0.124 e. The van der Waals surface area contributed by atoms with Crippen LogP contribution in [0.15, 0.2) is 42.5 Å². The van der Waals surface area contributed by atoms with Crippen LogP contribution < -0.4 is 0 Å². The highest BCUT2D eigenvalue weighted by atomic mass is 35.5. The summed E-state index contributed by atoms with van der Waals surface area (Å²) >= 11 is 5.91. The quantitative estimate of drug-likeness (QED) is 0.767. The van der Waals surface area contributed by atoms with Crippen LogP contribution in [0.4, 0.5) is 0 Å². The zero-order chi connectivity index (χ0) is 10.8. The Morgan fingerprint density at radius 1 is 1.07 bits per heavy atom. The van der Waals surface area contributed by atoms with Crippen molar-refractivity contribution < 1.29 is 5.11 Å². The third kappa shape index (κ3) is 1.97. The van der Waals surface area contributed by atoms with Crippen molar-refractivity contribution in [2.75, 3.05) is 0 Å². The van der Waals surface area contributed by atoms with E-state index in [1.165, 1.54) is 0 Å². The molecule has 2 heteroatoms. The summed E-state index contributed by atoms with van der Waals surface area (Å²) < 4.78 is 0. The largest absolute Gasteiger partial charge is 0.507 e. The standard InChI is InChI=1S/C13H11ClO/c1-9-7-11(13(15)8-12(9)14)10-5-3-2-4-6-10/h2-8,15H,1H3. The van der Waals surface area contributed by atoms with Crippen molar-refractivity contribution >= 4 is 11.6 Å². The van der Waals surface area contributed by atoms with Crippen molar-refractivity contribution in [1.29, 1.82) is 0 Å². The lowest BCUT2D eigenvalue weighted by molar-refractivity contribution is 0.477. The molecule has 0 aliphatic rings. The topological polar surface area (TPSA) is 20.2 Å². The molecule has 0 aromatic heterocycles. The van der Waals surface area contributed by atoms with Crippen molar-refractivity contribution in [3.8, 4) is 16.9 Å². The van der Waals surface area contributed by atoms with Gasteiger partial charge in [-0.3, -0.25) is 0 Å². The van der Waals surface area contributed by atoms with Crippen LogP contribution in [0.25, 0.3) is 11.1 Å². The molecule has 76 valence electrons. The number of phenols is 1. The predicted molar refractivity (Wildman–Crippen MR) is 63.3 cm³/mol. The van der Waals surface area contributed by atoms with Gasteiger partial charge in [0.2, 0.25) is 0 Å². The van der Waals surface area contributed by atoms with Gasteiger partial charge in [0, 0.05) is 10.6 Å². The van der Waals surface area contributed by atoms with E-state index in [0.717, 1.165) is 16.7 Å². The molecular weight excluding hydrogens is 208 g/mol. The van der Waals surface area contributed by atoms with E-state index < -0.39 is 0 Å². The second-order valence-corrected chi connectivity index (χ2v) is 3.89. The molecule has 0 spiro atoms. The molecular formula is C13H11ClO. The minimum absolute atomic E-state index is 0.219. The molecule has 0 heterocycles. The Morgan fingerprint density at radius 2 is 1.73 bits per heavy atom. The first-order valence-corrected chi connectivity index (χ1v) is 5.11. The molecule has 2 aromatic rings. The Hall–Kier alpha value is -1.47. The van der Waals surface area contributed by atoms with Gasteiger partial charge in [-0.15, -0.1) is 0 Å². The average molecular weight is 219 g/mol. The van der Waals surface area contributed by atoms with Crippen molar-refractivity contribution in [2.24, 2.45) is 0 Å². The van der Waals surface area contributed by atoms with E-state index in [4.69, 9.17) is 11.6 Å². The number of hydrogen-bond acceptors (Lipinski definition) is 1. The van der Waals surface area contributed by atoms with E-state index in [-0.39, 0.29) is 5.75 Å². The molecule has 0 amide bonds. The lowest BCUT2D eigenvalue weighted by Crippen LogP contribution is -1.82. The number of hydrogen-bond donors (Lipinski definition) is 1. The summed E-state index contributed by atoms with van der Waals surface area (Å²) in [5.41, 5.74) is 2.78. The van der Waals surface area contributed by atoms with E-state index in [0.29, 0.717) is 5.02 Å². The molecule has 0 radical (unpaired) electrons. The maximum atomic E-state index is 9.78. The van der Waals surface area contributed by atoms with Crippen LogP contribution in [-0.2, 0) is 0 Å². The lowest BCUT2D eigenvalue weighted by Gasteiger charge is -2.07. The van der Waals surface area contributed by atoms with Crippen molar-refractivity contribution in [2.45, 2.75) is 6.92 Å². The molecule has 0 aliphatic carbocycles. The van der Waals surface area contributed by atoms with Crippen LogP contribution in [0.5, 0.6) is 5.75 Å². The van der Waals surface area contributed by atoms with E-state index >= 15 is 0 Å². The number of rotatable bonds is 1. The van der Waals surface area contributed by atoms with Crippen LogP contribution in [0.3, 0.4) is 0 Å². The zero-order valence-corrected chi connectivity index (χ0v) is 9.12. The molecule has 1 nitrogen and oxygen atoms in total. The number of halogens is 1. The Labute approximate surface area is 94.0 Å². The van der Waals surface area contributed by atoms with Crippen LogP contribution >= 0.6 is 11.6 Å². The monoisotopic (exact) mass is 218 g/mol. The van der Waals surface area contributed by atoms with Crippen molar-refractivity contribution in [3.05, 3.63) is 53.1 Å². The Morgan fingerprint density at radius 3 is 2.40 bits per heavy atom. The predicted octanol–water partition coefficient (Wildman–Crippen LogP) is 4.02. The van der Waals surface area contributed by atoms with Gasteiger partial charge in [0.05, 0.1) is 0 Å². The fraction of sp³-hybridized carbons (Fsp3) is 0.0769. The molecule has 15 heavy (non-hydrogen) atoms. The van der Waals surface area contributed by atoms with Gasteiger partial charge in [0.15, 0.2) is 0 Å². The third-order valence-corrected chi connectivity index (χ3v) is 2.77. The molecule has 0 bridgehead atoms. The van der Waals surface area contributed by atoms with Crippen LogP contribution in [-0.4, -0.2) is 5.11 Å². The maximum absolute atomic E-state index is 9.78. The van der Waals surface area contributed by atoms with Gasteiger partial charge in [-0.2, -0.15) is 0 Å². The number of benzene rings is 2. The van der Waals surface area contributed by atoms with Gasteiger partial charge < -0.3 is 5.11 Å². The average Bonchev–Trinajstić information content (AvgIpc) is 2.25.